The van der Waals surface area contributed by atoms with Crippen LogP contribution in [-0.4, -0.2) is 46.5 Å². The zero-order chi connectivity index (χ0) is 12.3. The Labute approximate surface area is 102 Å². The van der Waals surface area contributed by atoms with Gasteiger partial charge >= 0.3 is 0 Å². The summed E-state index contributed by atoms with van der Waals surface area (Å²) in [5, 5.41) is 3.30. The zero-order valence-electron chi connectivity index (χ0n) is 10.6. The number of carbonyl (C=O) groups excluding carboxylic acids is 1. The average molecular weight is 236 g/mol. The molecule has 0 aromatic carbocycles. The number of aryl methyl sites for hydroxylation is 1. The molecule has 1 saturated heterocycles. The number of hydrogen-bond acceptors (Lipinski definition) is 3. The Balaban J connectivity index is 1.98. The predicted molar refractivity (Wildman–Crippen MR) is 65.8 cm³/mol. The predicted octanol–water partition coefficient (Wildman–Crippen LogP) is 0.322. The van der Waals surface area contributed by atoms with Gasteiger partial charge in [0, 0.05) is 25.3 Å². The van der Waals surface area contributed by atoms with Crippen molar-refractivity contribution in [2.75, 3.05) is 26.2 Å². The molecule has 2 rings (SSSR count). The van der Waals surface area contributed by atoms with E-state index in [0.29, 0.717) is 6.54 Å². The van der Waals surface area contributed by atoms with Crippen molar-refractivity contribution >= 4 is 5.91 Å². The highest BCUT2D eigenvalue weighted by atomic mass is 16.2. The summed E-state index contributed by atoms with van der Waals surface area (Å²) in [6.07, 6.45) is 2.78. The third-order valence-corrected chi connectivity index (χ3v) is 3.34. The van der Waals surface area contributed by atoms with Crippen LogP contribution in [0.15, 0.2) is 6.33 Å². The van der Waals surface area contributed by atoms with Crippen molar-refractivity contribution in [3.8, 4) is 0 Å². The van der Waals surface area contributed by atoms with Crippen LogP contribution < -0.4 is 5.32 Å². The number of rotatable bonds is 2. The Bertz CT molecular complexity index is 391. The van der Waals surface area contributed by atoms with Gasteiger partial charge in [-0.2, -0.15) is 0 Å². The standard InChI is InChI=1S/C12H20N4O/c1-10-11(2)16(9-14-10)8-12(17)15-6-3-4-13-5-7-15/h9,13H,3-8H2,1-2H3. The molecule has 0 unspecified atom stereocenters. The van der Waals surface area contributed by atoms with Crippen molar-refractivity contribution in [3.05, 3.63) is 17.7 Å². The second kappa shape index (κ2) is 5.31. The molecule has 2 heterocycles. The van der Waals surface area contributed by atoms with E-state index in [1.807, 2.05) is 23.3 Å². The molecule has 0 bridgehead atoms. The van der Waals surface area contributed by atoms with E-state index < -0.39 is 0 Å². The van der Waals surface area contributed by atoms with Crippen LogP contribution in [0.25, 0.3) is 0 Å². The van der Waals surface area contributed by atoms with Crippen molar-refractivity contribution in [2.45, 2.75) is 26.8 Å². The lowest BCUT2D eigenvalue weighted by Crippen LogP contribution is -2.36. The molecular weight excluding hydrogens is 216 g/mol. The van der Waals surface area contributed by atoms with E-state index in [4.69, 9.17) is 0 Å². The summed E-state index contributed by atoms with van der Waals surface area (Å²) < 4.78 is 1.93. The molecule has 1 amide bonds. The van der Waals surface area contributed by atoms with E-state index in [-0.39, 0.29) is 5.91 Å². The summed E-state index contributed by atoms with van der Waals surface area (Å²) in [5.74, 6) is 0.189. The van der Waals surface area contributed by atoms with Crippen LogP contribution in [0.3, 0.4) is 0 Å². The summed E-state index contributed by atoms with van der Waals surface area (Å²) in [7, 11) is 0. The zero-order valence-corrected chi connectivity index (χ0v) is 10.6. The van der Waals surface area contributed by atoms with E-state index >= 15 is 0 Å². The van der Waals surface area contributed by atoms with Gasteiger partial charge in [0.05, 0.1) is 12.0 Å². The molecule has 1 aromatic rings. The van der Waals surface area contributed by atoms with E-state index in [9.17, 15) is 4.79 Å². The molecular formula is C12H20N4O. The molecule has 5 heteroatoms. The molecule has 0 saturated carbocycles. The van der Waals surface area contributed by atoms with Crippen molar-refractivity contribution in [2.24, 2.45) is 0 Å². The minimum atomic E-state index is 0.189. The Morgan fingerprint density at radius 1 is 1.41 bits per heavy atom. The van der Waals surface area contributed by atoms with Gasteiger partial charge in [0.25, 0.3) is 0 Å². The highest BCUT2D eigenvalue weighted by Crippen LogP contribution is 2.05. The lowest BCUT2D eigenvalue weighted by Gasteiger charge is -2.20. The highest BCUT2D eigenvalue weighted by molar-refractivity contribution is 5.76. The number of nitrogens with zero attached hydrogens (tertiary/aromatic N) is 3. The van der Waals surface area contributed by atoms with Crippen LogP contribution in [0.4, 0.5) is 0 Å². The van der Waals surface area contributed by atoms with Gasteiger partial charge in [0.15, 0.2) is 0 Å². The molecule has 1 aromatic heterocycles. The van der Waals surface area contributed by atoms with Crippen LogP contribution in [0.2, 0.25) is 0 Å². The molecule has 1 N–H and O–H groups in total. The molecule has 0 aliphatic carbocycles. The maximum atomic E-state index is 12.1. The molecule has 5 nitrogen and oxygen atoms in total. The van der Waals surface area contributed by atoms with Crippen LogP contribution in [0.5, 0.6) is 0 Å². The fourth-order valence-corrected chi connectivity index (χ4v) is 2.04. The summed E-state index contributed by atoms with van der Waals surface area (Å²) >= 11 is 0. The number of carbonyl (C=O) groups is 1. The third-order valence-electron chi connectivity index (χ3n) is 3.34. The summed E-state index contributed by atoms with van der Waals surface area (Å²) in [6.45, 7) is 7.95. The molecule has 0 spiro atoms. The van der Waals surface area contributed by atoms with Gasteiger partial charge in [-0.25, -0.2) is 4.98 Å². The smallest absolute Gasteiger partial charge is 0.242 e. The number of aromatic nitrogens is 2. The Hall–Kier alpha value is -1.36. The molecule has 1 aliphatic rings. The van der Waals surface area contributed by atoms with Crippen molar-refractivity contribution in [3.63, 3.8) is 0 Å². The van der Waals surface area contributed by atoms with E-state index in [0.717, 1.165) is 44.0 Å². The van der Waals surface area contributed by atoms with Gasteiger partial charge < -0.3 is 14.8 Å². The first-order valence-corrected chi connectivity index (χ1v) is 6.15. The summed E-state index contributed by atoms with van der Waals surface area (Å²) in [4.78, 5) is 18.3. The van der Waals surface area contributed by atoms with Crippen LogP contribution in [0.1, 0.15) is 17.8 Å². The minimum Gasteiger partial charge on any atom is -0.340 e. The first-order valence-electron chi connectivity index (χ1n) is 6.15. The Morgan fingerprint density at radius 3 is 2.94 bits per heavy atom. The second-order valence-corrected chi connectivity index (χ2v) is 4.53. The van der Waals surface area contributed by atoms with Crippen molar-refractivity contribution in [1.29, 1.82) is 0 Å². The largest absolute Gasteiger partial charge is 0.340 e. The normalized spacial score (nSPS) is 16.9. The van der Waals surface area contributed by atoms with Gasteiger partial charge in [0.1, 0.15) is 6.54 Å². The summed E-state index contributed by atoms with van der Waals surface area (Å²) in [5.41, 5.74) is 2.07. The average Bonchev–Trinajstić information content (AvgIpc) is 2.59. The monoisotopic (exact) mass is 236 g/mol. The second-order valence-electron chi connectivity index (χ2n) is 4.53. The molecule has 94 valence electrons. The quantitative estimate of drug-likeness (QED) is 0.804. The van der Waals surface area contributed by atoms with Crippen LogP contribution >= 0.6 is 0 Å². The van der Waals surface area contributed by atoms with Gasteiger partial charge in [0.2, 0.25) is 5.91 Å². The molecule has 0 radical (unpaired) electrons. The fraction of sp³-hybridized carbons (Fsp3) is 0.667. The first-order chi connectivity index (χ1) is 8.18. The SMILES string of the molecule is Cc1ncn(CC(=O)N2CCCNCC2)c1C. The molecule has 1 aliphatic heterocycles. The van der Waals surface area contributed by atoms with E-state index in [1.165, 1.54) is 0 Å². The maximum Gasteiger partial charge on any atom is 0.242 e. The number of imidazole rings is 1. The fourth-order valence-electron chi connectivity index (χ4n) is 2.04. The van der Waals surface area contributed by atoms with Gasteiger partial charge in [-0.3, -0.25) is 4.79 Å². The van der Waals surface area contributed by atoms with E-state index in [2.05, 4.69) is 10.3 Å². The molecule has 1 fully saturated rings. The van der Waals surface area contributed by atoms with Gasteiger partial charge in [-0.05, 0) is 26.8 Å². The van der Waals surface area contributed by atoms with Crippen LogP contribution in [-0.2, 0) is 11.3 Å². The lowest BCUT2D eigenvalue weighted by molar-refractivity contribution is -0.131. The van der Waals surface area contributed by atoms with Crippen molar-refractivity contribution in [1.82, 2.24) is 19.8 Å². The number of hydrogen-bond donors (Lipinski definition) is 1. The molecule has 0 atom stereocenters. The van der Waals surface area contributed by atoms with Crippen molar-refractivity contribution < 1.29 is 4.79 Å². The Kier molecular flexibility index (Phi) is 3.78. The van der Waals surface area contributed by atoms with Crippen LogP contribution in [0, 0.1) is 13.8 Å². The third kappa shape index (κ3) is 2.85. The maximum absolute atomic E-state index is 12.1. The topological polar surface area (TPSA) is 50.2 Å². The molecule has 17 heavy (non-hydrogen) atoms. The minimum absolute atomic E-state index is 0.189. The number of nitrogens with one attached hydrogen (secondary N) is 1. The van der Waals surface area contributed by atoms with Gasteiger partial charge in [-0.15, -0.1) is 0 Å². The first kappa shape index (κ1) is 12.1. The number of amides is 1. The lowest BCUT2D eigenvalue weighted by atomic mass is 10.3. The summed E-state index contributed by atoms with van der Waals surface area (Å²) in [6, 6.07) is 0. The highest BCUT2D eigenvalue weighted by Gasteiger charge is 2.16. The van der Waals surface area contributed by atoms with E-state index in [1.54, 1.807) is 6.33 Å². The van der Waals surface area contributed by atoms with Gasteiger partial charge in [-0.1, -0.05) is 0 Å². The Morgan fingerprint density at radius 2 is 2.24 bits per heavy atom.